The summed E-state index contributed by atoms with van der Waals surface area (Å²) in [6, 6.07) is 22.1. The second-order valence-electron chi connectivity index (χ2n) is 7.63. The van der Waals surface area contributed by atoms with Crippen molar-refractivity contribution in [3.8, 4) is 11.5 Å². The Labute approximate surface area is 218 Å². The lowest BCUT2D eigenvalue weighted by atomic mass is 10.1. The van der Waals surface area contributed by atoms with Gasteiger partial charge in [0, 0.05) is 5.02 Å². The topological polar surface area (TPSA) is 77.4 Å². The lowest BCUT2D eigenvalue weighted by Crippen LogP contribution is -2.12. The molecule has 6 nitrogen and oxygen atoms in total. The van der Waals surface area contributed by atoms with Gasteiger partial charge in [0.2, 0.25) is 0 Å². The van der Waals surface area contributed by atoms with Crippen molar-refractivity contribution in [3.05, 3.63) is 105 Å². The van der Waals surface area contributed by atoms with Crippen molar-refractivity contribution in [2.75, 3.05) is 13.7 Å². The van der Waals surface area contributed by atoms with E-state index in [9.17, 15) is 9.90 Å². The van der Waals surface area contributed by atoms with Gasteiger partial charge in [-0.15, -0.1) is 0 Å². The first-order chi connectivity index (χ1) is 17.5. The molecule has 0 saturated carbocycles. The largest absolute Gasteiger partial charge is 0.506 e. The van der Waals surface area contributed by atoms with Crippen LogP contribution >= 0.6 is 23.4 Å². The highest BCUT2D eigenvalue weighted by Crippen LogP contribution is 2.41. The zero-order chi connectivity index (χ0) is 25.5. The summed E-state index contributed by atoms with van der Waals surface area (Å²) >= 11 is 7.14. The average Bonchev–Trinajstić information content (AvgIpc) is 3.19. The van der Waals surface area contributed by atoms with Crippen LogP contribution in [-0.4, -0.2) is 29.8 Å². The number of carbonyl (C=O) groups is 1. The van der Waals surface area contributed by atoms with E-state index in [-0.39, 0.29) is 17.9 Å². The molecular weight excluding hydrogens is 498 g/mol. The first-order valence-corrected chi connectivity index (χ1v) is 12.4. The molecule has 1 aliphatic heterocycles. The van der Waals surface area contributed by atoms with Crippen LogP contribution in [0.4, 0.5) is 5.69 Å². The molecule has 0 amide bonds. The normalized spacial score (nSPS) is 15.4. The fraction of sp³-hybridized carbons (Fsp3) is 0.143. The van der Waals surface area contributed by atoms with Crippen LogP contribution in [0.15, 0.2) is 94.0 Å². The van der Waals surface area contributed by atoms with Gasteiger partial charge in [0.05, 0.1) is 24.3 Å². The zero-order valence-corrected chi connectivity index (χ0v) is 21.3. The summed E-state index contributed by atoms with van der Waals surface area (Å²) in [5.41, 5.74) is 2.44. The lowest BCUT2D eigenvalue weighted by Gasteiger charge is -2.12. The molecule has 1 heterocycles. The van der Waals surface area contributed by atoms with Gasteiger partial charge in [-0.1, -0.05) is 59.8 Å². The molecule has 0 unspecified atom stereocenters. The van der Waals surface area contributed by atoms with Crippen molar-refractivity contribution in [2.24, 2.45) is 4.99 Å². The third-order valence-electron chi connectivity index (χ3n) is 5.15. The second-order valence-corrected chi connectivity index (χ2v) is 9.10. The number of aliphatic hydroxyl groups is 1. The molecule has 0 aliphatic carbocycles. The minimum absolute atomic E-state index is 0.0480. The van der Waals surface area contributed by atoms with Crippen LogP contribution < -0.4 is 9.47 Å². The molecule has 0 radical (unpaired) electrons. The molecule has 8 heteroatoms. The van der Waals surface area contributed by atoms with E-state index >= 15 is 0 Å². The Morgan fingerprint density at radius 2 is 1.81 bits per heavy atom. The Hall–Kier alpha value is -3.68. The zero-order valence-electron chi connectivity index (χ0n) is 19.7. The van der Waals surface area contributed by atoms with E-state index in [4.69, 9.17) is 25.8 Å². The highest BCUT2D eigenvalue weighted by Gasteiger charge is 2.33. The molecular formula is C28H24ClNO5S. The number of thioether (sulfide) groups is 1. The predicted molar refractivity (Wildman–Crippen MR) is 144 cm³/mol. The van der Waals surface area contributed by atoms with Gasteiger partial charge in [-0.25, -0.2) is 9.79 Å². The minimum Gasteiger partial charge on any atom is -0.506 e. The molecule has 0 atom stereocenters. The van der Waals surface area contributed by atoms with Crippen LogP contribution in [0.1, 0.15) is 18.1 Å². The minimum atomic E-state index is -0.621. The van der Waals surface area contributed by atoms with Crippen LogP contribution in [0.25, 0.3) is 6.08 Å². The third kappa shape index (κ3) is 6.11. The molecule has 1 N–H and O–H groups in total. The van der Waals surface area contributed by atoms with E-state index in [0.29, 0.717) is 38.8 Å². The van der Waals surface area contributed by atoms with E-state index in [1.807, 2.05) is 60.7 Å². The van der Waals surface area contributed by atoms with Crippen molar-refractivity contribution < 1.29 is 24.1 Å². The molecule has 0 aromatic heterocycles. The van der Waals surface area contributed by atoms with Gasteiger partial charge in [0.15, 0.2) is 11.5 Å². The molecule has 0 fully saturated rings. The number of aliphatic imine (C=N–C) groups is 1. The molecule has 1 aliphatic rings. The molecule has 184 valence electrons. The molecule has 0 spiro atoms. The highest BCUT2D eigenvalue weighted by atomic mass is 35.5. The molecule has 3 aromatic carbocycles. The number of para-hydroxylation sites is 1. The number of rotatable bonds is 8. The summed E-state index contributed by atoms with van der Waals surface area (Å²) in [4.78, 5) is 17.6. The summed E-state index contributed by atoms with van der Waals surface area (Å²) in [7, 11) is 1.56. The molecule has 4 rings (SSSR count). The number of benzene rings is 3. The summed E-state index contributed by atoms with van der Waals surface area (Å²) in [6.45, 7) is 2.26. The van der Waals surface area contributed by atoms with Crippen molar-refractivity contribution in [1.29, 1.82) is 0 Å². The summed E-state index contributed by atoms with van der Waals surface area (Å²) in [5.74, 6) is 0.319. The molecule has 36 heavy (non-hydrogen) atoms. The highest BCUT2D eigenvalue weighted by molar-refractivity contribution is 8.18. The van der Waals surface area contributed by atoms with E-state index in [0.717, 1.165) is 11.1 Å². The van der Waals surface area contributed by atoms with Crippen LogP contribution in [0.5, 0.6) is 11.5 Å². The fourth-order valence-corrected chi connectivity index (χ4v) is 4.56. The Balaban J connectivity index is 1.61. The maximum atomic E-state index is 12.6. The van der Waals surface area contributed by atoms with Crippen molar-refractivity contribution in [3.63, 3.8) is 0 Å². The summed E-state index contributed by atoms with van der Waals surface area (Å²) < 4.78 is 16.6. The van der Waals surface area contributed by atoms with Gasteiger partial charge in [-0.2, -0.15) is 0 Å². The number of hydrogen-bond acceptors (Lipinski definition) is 7. The number of halogens is 1. The van der Waals surface area contributed by atoms with E-state index in [1.54, 1.807) is 32.2 Å². The maximum absolute atomic E-state index is 12.6. The maximum Gasteiger partial charge on any atom is 0.344 e. The monoisotopic (exact) mass is 521 g/mol. The van der Waals surface area contributed by atoms with Crippen LogP contribution in [0.3, 0.4) is 0 Å². The van der Waals surface area contributed by atoms with E-state index < -0.39 is 5.97 Å². The van der Waals surface area contributed by atoms with E-state index in [1.165, 1.54) is 11.8 Å². The van der Waals surface area contributed by atoms with Gasteiger partial charge >= 0.3 is 5.97 Å². The molecule has 0 bridgehead atoms. The number of ether oxygens (including phenoxy) is 3. The molecule has 3 aromatic rings. The Morgan fingerprint density at radius 3 is 2.50 bits per heavy atom. The number of carbonyl (C=O) groups excluding carboxylic acids is 1. The second kappa shape index (κ2) is 11.8. The van der Waals surface area contributed by atoms with Crippen molar-refractivity contribution in [2.45, 2.75) is 13.5 Å². The van der Waals surface area contributed by atoms with Gasteiger partial charge in [0.1, 0.15) is 23.0 Å². The van der Waals surface area contributed by atoms with Crippen LogP contribution in [0.2, 0.25) is 5.02 Å². The van der Waals surface area contributed by atoms with Crippen molar-refractivity contribution >= 4 is 46.1 Å². The number of nitrogens with zero attached hydrogens (tertiary/aromatic N) is 1. The number of aliphatic hydroxyl groups excluding tert-OH is 1. The Kier molecular flexibility index (Phi) is 8.36. The number of methoxy groups -OCH3 is 1. The van der Waals surface area contributed by atoms with Gasteiger partial charge in [-0.05, 0) is 60.5 Å². The average molecular weight is 522 g/mol. The quantitative estimate of drug-likeness (QED) is 0.318. The lowest BCUT2D eigenvalue weighted by molar-refractivity contribution is -0.138. The standard InChI is InChI=1S/C28H24ClNO5S/c1-3-34-28(32)25-26(31)24(36-27(25)30-21-7-5-4-6-8-21)16-19-11-14-22(23(15-19)33-2)35-17-18-9-12-20(29)13-10-18/h4-16,31H,3,17H2,1-2H3/b24-16-,30-27?. The van der Waals surface area contributed by atoms with Gasteiger partial charge in [-0.3, -0.25) is 0 Å². The van der Waals surface area contributed by atoms with Crippen LogP contribution in [0, 0.1) is 0 Å². The van der Waals surface area contributed by atoms with E-state index in [2.05, 4.69) is 4.99 Å². The Morgan fingerprint density at radius 1 is 1.06 bits per heavy atom. The fourth-order valence-electron chi connectivity index (χ4n) is 3.40. The first kappa shape index (κ1) is 25.4. The number of hydrogen-bond donors (Lipinski definition) is 1. The number of esters is 1. The predicted octanol–water partition coefficient (Wildman–Crippen LogP) is 7.12. The van der Waals surface area contributed by atoms with Crippen LogP contribution in [-0.2, 0) is 16.1 Å². The summed E-state index contributed by atoms with van der Waals surface area (Å²) in [5, 5.41) is 11.9. The summed E-state index contributed by atoms with van der Waals surface area (Å²) in [6.07, 6.45) is 1.76. The van der Waals surface area contributed by atoms with Crippen molar-refractivity contribution in [1.82, 2.24) is 0 Å². The Bertz CT molecular complexity index is 1330. The first-order valence-electron chi connectivity index (χ1n) is 11.2. The van der Waals surface area contributed by atoms with Gasteiger partial charge < -0.3 is 19.3 Å². The van der Waals surface area contributed by atoms with Gasteiger partial charge in [0.25, 0.3) is 0 Å². The SMILES string of the molecule is CCOC(=O)C1=C(O)/C(=C/c2ccc(OCc3ccc(Cl)cc3)c(OC)c2)SC1=Nc1ccccc1. The molecule has 0 saturated heterocycles. The third-order valence-corrected chi connectivity index (χ3v) is 6.42. The smallest absolute Gasteiger partial charge is 0.344 e.